The Balaban J connectivity index is 1.43. The second-order valence-electron chi connectivity index (χ2n) is 7.60. The maximum Gasteiger partial charge on any atom is 0.289 e. The summed E-state index contributed by atoms with van der Waals surface area (Å²) < 4.78 is 26.1. The van der Waals surface area contributed by atoms with Crippen molar-refractivity contribution in [3.05, 3.63) is 72.3 Å². The number of carbonyl (C=O) groups is 1. The molecule has 7 nitrogen and oxygen atoms in total. The number of hydrogen-bond acceptors (Lipinski definition) is 5. The summed E-state index contributed by atoms with van der Waals surface area (Å²) >= 11 is 0. The lowest BCUT2D eigenvalue weighted by molar-refractivity contribution is 0.0672. The van der Waals surface area contributed by atoms with Gasteiger partial charge in [0.1, 0.15) is 11.6 Å². The van der Waals surface area contributed by atoms with Gasteiger partial charge in [0.25, 0.3) is 5.91 Å². The number of fused-ring (bicyclic) bond motifs is 1. The highest BCUT2D eigenvalue weighted by atomic mass is 19.1. The van der Waals surface area contributed by atoms with Crippen molar-refractivity contribution in [1.82, 2.24) is 19.5 Å². The number of nitrogens with zero attached hydrogens (tertiary/aromatic N) is 4. The van der Waals surface area contributed by atoms with Crippen LogP contribution < -0.4 is 4.74 Å². The number of furan rings is 1. The third-order valence-electron chi connectivity index (χ3n) is 5.63. The number of likely N-dealkylation sites (tertiary alicyclic amines) is 1. The number of halogens is 1. The van der Waals surface area contributed by atoms with E-state index in [9.17, 15) is 9.18 Å². The Kier molecular flexibility index (Phi) is 4.89. The van der Waals surface area contributed by atoms with E-state index in [2.05, 4.69) is 10.1 Å². The highest BCUT2D eigenvalue weighted by molar-refractivity contribution is 5.91. The predicted molar refractivity (Wildman–Crippen MR) is 112 cm³/mol. The molecule has 31 heavy (non-hydrogen) atoms. The van der Waals surface area contributed by atoms with Crippen LogP contribution in [0, 0.1) is 5.82 Å². The molecule has 3 aromatic heterocycles. The number of aromatic nitrogens is 3. The fraction of sp³-hybridized carbons (Fsp3) is 0.261. The lowest BCUT2D eigenvalue weighted by Gasteiger charge is -2.30. The summed E-state index contributed by atoms with van der Waals surface area (Å²) in [6.07, 6.45) is 5.10. The second-order valence-corrected chi connectivity index (χ2v) is 7.60. The van der Waals surface area contributed by atoms with Crippen molar-refractivity contribution in [2.24, 2.45) is 0 Å². The molecule has 1 aromatic carbocycles. The van der Waals surface area contributed by atoms with E-state index in [1.54, 1.807) is 34.7 Å². The van der Waals surface area contributed by atoms with E-state index in [-0.39, 0.29) is 17.6 Å². The van der Waals surface area contributed by atoms with Crippen molar-refractivity contribution in [2.45, 2.75) is 18.8 Å². The number of benzene rings is 1. The molecule has 1 aliphatic rings. The van der Waals surface area contributed by atoms with Crippen molar-refractivity contribution in [3.8, 4) is 16.9 Å². The van der Waals surface area contributed by atoms with Crippen LogP contribution >= 0.6 is 0 Å². The zero-order valence-corrected chi connectivity index (χ0v) is 17.0. The van der Waals surface area contributed by atoms with Gasteiger partial charge < -0.3 is 14.1 Å². The molecule has 0 bridgehead atoms. The Bertz CT molecular complexity index is 1240. The summed E-state index contributed by atoms with van der Waals surface area (Å²) in [6, 6.07) is 11.5. The summed E-state index contributed by atoms with van der Waals surface area (Å²) in [7, 11) is 1.56. The predicted octanol–water partition coefficient (Wildman–Crippen LogP) is 4.16. The zero-order valence-electron chi connectivity index (χ0n) is 17.0. The van der Waals surface area contributed by atoms with Gasteiger partial charge in [0.2, 0.25) is 0 Å². The van der Waals surface area contributed by atoms with E-state index in [0.717, 1.165) is 18.4 Å². The topological polar surface area (TPSA) is 72.9 Å². The molecule has 4 heterocycles. The Morgan fingerprint density at radius 2 is 2.16 bits per heavy atom. The van der Waals surface area contributed by atoms with Crippen molar-refractivity contribution in [2.75, 3.05) is 20.2 Å². The van der Waals surface area contributed by atoms with Crippen LogP contribution in [0.1, 0.15) is 35.1 Å². The van der Waals surface area contributed by atoms with Crippen LogP contribution in [0.3, 0.4) is 0 Å². The van der Waals surface area contributed by atoms with Crippen molar-refractivity contribution in [1.29, 1.82) is 0 Å². The molecule has 1 fully saturated rings. The summed E-state index contributed by atoms with van der Waals surface area (Å²) in [5, 5.41) is 4.67. The van der Waals surface area contributed by atoms with Crippen LogP contribution in [0.2, 0.25) is 0 Å². The zero-order chi connectivity index (χ0) is 21.4. The van der Waals surface area contributed by atoms with Crippen LogP contribution in [0.25, 0.3) is 16.8 Å². The van der Waals surface area contributed by atoms with Gasteiger partial charge in [0.05, 0.1) is 13.4 Å². The van der Waals surface area contributed by atoms with Gasteiger partial charge in [0, 0.05) is 36.3 Å². The molecule has 0 aliphatic carbocycles. The van der Waals surface area contributed by atoms with Crippen LogP contribution in [0.4, 0.5) is 4.39 Å². The summed E-state index contributed by atoms with van der Waals surface area (Å²) in [6.45, 7) is 1.23. The molecular formula is C23H21FN4O3. The molecule has 158 valence electrons. The van der Waals surface area contributed by atoms with E-state index in [1.165, 1.54) is 18.4 Å². The molecular weight excluding hydrogens is 399 g/mol. The minimum Gasteiger partial charge on any atom is -0.496 e. The van der Waals surface area contributed by atoms with Crippen LogP contribution in [0.15, 0.2) is 59.3 Å². The van der Waals surface area contributed by atoms with Crippen LogP contribution in [0.5, 0.6) is 5.75 Å². The number of carbonyl (C=O) groups excluding carboxylic acids is 1. The monoisotopic (exact) mass is 420 g/mol. The lowest BCUT2D eigenvalue weighted by Crippen LogP contribution is -2.39. The maximum atomic E-state index is 13.8. The van der Waals surface area contributed by atoms with Gasteiger partial charge in [-0.25, -0.2) is 13.9 Å². The molecule has 8 heteroatoms. The number of rotatable bonds is 4. The largest absolute Gasteiger partial charge is 0.496 e. The average Bonchev–Trinajstić information content (AvgIpc) is 3.48. The average molecular weight is 420 g/mol. The maximum absolute atomic E-state index is 13.8. The molecule has 4 aromatic rings. The van der Waals surface area contributed by atoms with Gasteiger partial charge in [-0.1, -0.05) is 0 Å². The van der Waals surface area contributed by atoms with Gasteiger partial charge in [-0.05, 0) is 55.3 Å². The first-order chi connectivity index (χ1) is 15.1. The molecule has 0 N–H and O–H groups in total. The minimum atomic E-state index is -0.335. The number of ether oxygens (including phenoxy) is 1. The van der Waals surface area contributed by atoms with Gasteiger partial charge in [-0.2, -0.15) is 5.10 Å². The van der Waals surface area contributed by atoms with Crippen molar-refractivity contribution in [3.63, 3.8) is 0 Å². The Morgan fingerprint density at radius 1 is 1.26 bits per heavy atom. The second kappa shape index (κ2) is 7.86. The Hall–Kier alpha value is -3.68. The molecule has 1 amide bonds. The Labute approximate surface area is 178 Å². The third kappa shape index (κ3) is 3.65. The standard InChI is InChI=1S/C23H21FN4O3/c1-30-19-8-7-17(24)12-18(19)15-6-9-21-25-22(26-28(21)14-15)16-4-2-10-27(13-16)23(29)20-5-3-11-31-20/h3,5-9,11-12,14,16H,2,4,10,13H2,1H3/t16-/m0/s1. The number of pyridine rings is 1. The van der Waals surface area contributed by atoms with E-state index < -0.39 is 0 Å². The smallest absolute Gasteiger partial charge is 0.289 e. The molecule has 1 saturated heterocycles. The van der Waals surface area contributed by atoms with Crippen LogP contribution in [-0.4, -0.2) is 45.6 Å². The fourth-order valence-corrected chi connectivity index (χ4v) is 4.07. The van der Waals surface area contributed by atoms with Gasteiger partial charge >= 0.3 is 0 Å². The molecule has 1 aliphatic heterocycles. The van der Waals surface area contributed by atoms with Crippen molar-refractivity contribution >= 4 is 11.6 Å². The molecule has 0 radical (unpaired) electrons. The SMILES string of the molecule is COc1ccc(F)cc1-c1ccc2nc([C@H]3CCCN(C(=O)c4ccco4)C3)nn2c1. The highest BCUT2D eigenvalue weighted by Crippen LogP contribution is 2.31. The quantitative estimate of drug-likeness (QED) is 0.496. The van der Waals surface area contributed by atoms with E-state index in [4.69, 9.17) is 9.15 Å². The van der Waals surface area contributed by atoms with E-state index in [0.29, 0.717) is 41.6 Å². The molecule has 5 rings (SSSR count). The number of amides is 1. The molecule has 1 atom stereocenters. The normalized spacial score (nSPS) is 16.6. The first-order valence-corrected chi connectivity index (χ1v) is 10.2. The lowest BCUT2D eigenvalue weighted by atomic mass is 9.97. The first-order valence-electron chi connectivity index (χ1n) is 10.2. The summed E-state index contributed by atoms with van der Waals surface area (Å²) in [4.78, 5) is 19.1. The van der Waals surface area contributed by atoms with Gasteiger partial charge in [0.15, 0.2) is 17.2 Å². The minimum absolute atomic E-state index is 0.0414. The third-order valence-corrected chi connectivity index (χ3v) is 5.63. The van der Waals surface area contributed by atoms with Gasteiger partial charge in [-0.15, -0.1) is 0 Å². The molecule has 0 unspecified atom stereocenters. The summed E-state index contributed by atoms with van der Waals surface area (Å²) in [5.74, 6) is 1.22. The fourth-order valence-electron chi connectivity index (χ4n) is 4.07. The Morgan fingerprint density at radius 3 is 2.97 bits per heavy atom. The van der Waals surface area contributed by atoms with E-state index >= 15 is 0 Å². The number of piperidine rings is 1. The highest BCUT2D eigenvalue weighted by Gasteiger charge is 2.29. The molecule has 0 saturated carbocycles. The number of hydrogen-bond donors (Lipinski definition) is 0. The molecule has 0 spiro atoms. The summed E-state index contributed by atoms with van der Waals surface area (Å²) in [5.41, 5.74) is 2.12. The van der Waals surface area contributed by atoms with E-state index in [1.807, 2.05) is 18.3 Å². The van der Waals surface area contributed by atoms with Crippen LogP contribution in [-0.2, 0) is 0 Å². The van der Waals surface area contributed by atoms with Crippen molar-refractivity contribution < 1.29 is 18.3 Å². The number of methoxy groups -OCH3 is 1. The van der Waals surface area contributed by atoms with Gasteiger partial charge in [-0.3, -0.25) is 4.79 Å². The first kappa shape index (κ1) is 19.3.